The Morgan fingerprint density at radius 1 is 0.941 bits per heavy atom. The fourth-order valence-electron chi connectivity index (χ4n) is 6.72. The van der Waals surface area contributed by atoms with Crippen molar-refractivity contribution in [2.75, 3.05) is 37.6 Å². The Balaban J connectivity index is 1.27. The molecule has 6 rings (SSSR count). The van der Waals surface area contributed by atoms with Gasteiger partial charge in [0.1, 0.15) is 12.0 Å². The molecule has 2 saturated heterocycles. The summed E-state index contributed by atoms with van der Waals surface area (Å²) in [5.41, 5.74) is 7.01. The number of fused-ring (bicyclic) bond motifs is 1. The first-order valence-electron chi connectivity index (χ1n) is 12.5. The van der Waals surface area contributed by atoms with Gasteiger partial charge in [-0.2, -0.15) is 0 Å². The predicted molar refractivity (Wildman–Crippen MR) is 136 cm³/mol. The van der Waals surface area contributed by atoms with E-state index in [9.17, 15) is 9.90 Å². The van der Waals surface area contributed by atoms with Crippen LogP contribution >= 0.6 is 0 Å². The van der Waals surface area contributed by atoms with Gasteiger partial charge in [-0.05, 0) is 71.7 Å². The van der Waals surface area contributed by atoms with Gasteiger partial charge in [-0.3, -0.25) is 4.90 Å². The van der Waals surface area contributed by atoms with Crippen LogP contribution in [0.5, 0.6) is 5.75 Å². The lowest BCUT2D eigenvalue weighted by molar-refractivity contribution is -0.111. The topological polar surface area (TPSA) is 43.8 Å². The van der Waals surface area contributed by atoms with E-state index in [1.165, 1.54) is 34.4 Å². The Kier molecular flexibility index (Phi) is 5.41. The molecular formula is C30H32N2O2. The van der Waals surface area contributed by atoms with Crippen molar-refractivity contribution in [2.24, 2.45) is 5.41 Å². The van der Waals surface area contributed by atoms with Gasteiger partial charge in [0, 0.05) is 43.2 Å². The predicted octanol–water partition coefficient (Wildman–Crippen LogP) is 4.97. The zero-order valence-corrected chi connectivity index (χ0v) is 19.6. The van der Waals surface area contributed by atoms with Crippen molar-refractivity contribution >= 4 is 12.0 Å². The Hall–Kier alpha value is -3.11. The van der Waals surface area contributed by atoms with Gasteiger partial charge in [-0.1, -0.05) is 48.5 Å². The fraction of sp³-hybridized carbons (Fsp3) is 0.367. The van der Waals surface area contributed by atoms with Crippen molar-refractivity contribution in [3.05, 3.63) is 95.1 Å². The number of phenolic OH excluding ortho intramolecular Hbond substituents is 1. The summed E-state index contributed by atoms with van der Waals surface area (Å²) in [6.45, 7) is 4.83. The number of hydrogen-bond donors (Lipinski definition) is 1. The molecule has 0 bridgehead atoms. The van der Waals surface area contributed by atoms with Crippen molar-refractivity contribution < 1.29 is 9.90 Å². The number of nitrogens with zero attached hydrogens (tertiary/aromatic N) is 2. The van der Waals surface area contributed by atoms with E-state index in [1.807, 2.05) is 12.1 Å². The maximum atomic E-state index is 10.8. The van der Waals surface area contributed by atoms with Crippen LogP contribution in [0, 0.1) is 5.41 Å². The number of hydrogen-bond acceptors (Lipinski definition) is 4. The van der Waals surface area contributed by atoms with E-state index in [1.54, 1.807) is 0 Å². The van der Waals surface area contributed by atoms with Crippen molar-refractivity contribution in [1.29, 1.82) is 0 Å². The molecule has 0 unspecified atom stereocenters. The first kappa shape index (κ1) is 21.4. The number of aryl methyl sites for hydroxylation is 1. The molecule has 0 aromatic heterocycles. The first-order valence-corrected chi connectivity index (χ1v) is 12.5. The van der Waals surface area contributed by atoms with Gasteiger partial charge < -0.3 is 14.8 Å². The van der Waals surface area contributed by atoms with Crippen LogP contribution in [0.3, 0.4) is 0 Å². The molecule has 2 atom stereocenters. The second-order valence-corrected chi connectivity index (χ2v) is 10.5. The smallest absolute Gasteiger partial charge is 0.133 e. The average Bonchev–Trinajstić information content (AvgIpc) is 3.29. The summed E-state index contributed by atoms with van der Waals surface area (Å²) in [7, 11) is 0. The molecule has 1 N–H and O–H groups in total. The molecule has 1 aliphatic carbocycles. The molecule has 3 aliphatic rings. The quantitative estimate of drug-likeness (QED) is 0.556. The maximum absolute atomic E-state index is 10.8. The monoisotopic (exact) mass is 452 g/mol. The van der Waals surface area contributed by atoms with Crippen LogP contribution in [0.4, 0.5) is 5.69 Å². The van der Waals surface area contributed by atoms with Crippen molar-refractivity contribution in [3.63, 3.8) is 0 Å². The zero-order valence-electron chi connectivity index (χ0n) is 19.6. The second kappa shape index (κ2) is 8.59. The number of phenols is 1. The first-order chi connectivity index (χ1) is 16.6. The van der Waals surface area contributed by atoms with Gasteiger partial charge in [0.05, 0.1) is 6.54 Å². The van der Waals surface area contributed by atoms with E-state index in [2.05, 4.69) is 70.5 Å². The van der Waals surface area contributed by atoms with E-state index in [-0.39, 0.29) is 5.92 Å². The molecule has 4 nitrogen and oxygen atoms in total. The number of rotatable bonds is 5. The highest BCUT2D eigenvalue weighted by Gasteiger charge is 2.47. The van der Waals surface area contributed by atoms with Crippen LogP contribution in [-0.4, -0.2) is 49.0 Å². The standard InChI is InChI=1S/C30H32N2O2/c33-17-16-31-19-30(20-31)14-15-32(21-30)25-9-6-23(7-10-25)29-27(22-4-2-1-3-5-22)12-8-24-18-26(34)11-13-28(24)29/h1-7,9-11,13,17-18,27,29,34H,8,12,14-16,19-21H2/t27-,29+/m0/s1. The summed E-state index contributed by atoms with van der Waals surface area (Å²) in [6.07, 6.45) is 4.30. The number of carbonyl (C=O) groups is 1. The Labute approximate surface area is 201 Å². The van der Waals surface area contributed by atoms with Crippen molar-refractivity contribution in [1.82, 2.24) is 4.90 Å². The molecule has 0 amide bonds. The molecule has 4 heteroatoms. The number of likely N-dealkylation sites (tertiary alicyclic amines) is 1. The molecule has 2 aliphatic heterocycles. The number of carbonyl (C=O) groups excluding carboxylic acids is 1. The van der Waals surface area contributed by atoms with Gasteiger partial charge >= 0.3 is 0 Å². The van der Waals surface area contributed by atoms with Crippen LogP contribution in [-0.2, 0) is 11.2 Å². The lowest BCUT2D eigenvalue weighted by Crippen LogP contribution is -2.57. The van der Waals surface area contributed by atoms with Crippen molar-refractivity contribution in [2.45, 2.75) is 31.1 Å². The Morgan fingerprint density at radius 2 is 1.74 bits per heavy atom. The highest BCUT2D eigenvalue weighted by Crippen LogP contribution is 2.47. The molecule has 174 valence electrons. The number of aldehydes is 1. The van der Waals surface area contributed by atoms with Gasteiger partial charge in [-0.25, -0.2) is 0 Å². The van der Waals surface area contributed by atoms with Crippen LogP contribution in [0.15, 0.2) is 72.8 Å². The molecular weight excluding hydrogens is 420 g/mol. The fourth-order valence-corrected chi connectivity index (χ4v) is 6.72. The van der Waals surface area contributed by atoms with E-state index >= 15 is 0 Å². The van der Waals surface area contributed by atoms with Crippen LogP contribution in [0.1, 0.15) is 46.9 Å². The highest BCUT2D eigenvalue weighted by molar-refractivity contribution is 5.54. The van der Waals surface area contributed by atoms with E-state index in [0.717, 1.165) is 45.3 Å². The second-order valence-electron chi connectivity index (χ2n) is 10.5. The summed E-state index contributed by atoms with van der Waals surface area (Å²) >= 11 is 0. The SMILES string of the molecule is O=CCN1CC2(CCN(c3ccc([C@H]4c5ccc(O)cc5CC[C@H]4c4ccccc4)cc3)C2)C1. The minimum absolute atomic E-state index is 0.286. The minimum Gasteiger partial charge on any atom is -0.508 e. The zero-order chi connectivity index (χ0) is 23.1. The summed E-state index contributed by atoms with van der Waals surface area (Å²) in [5, 5.41) is 10.1. The highest BCUT2D eigenvalue weighted by atomic mass is 16.3. The Morgan fingerprint density at radius 3 is 2.50 bits per heavy atom. The summed E-state index contributed by atoms with van der Waals surface area (Å²) in [5.74, 6) is 1.07. The lowest BCUT2D eigenvalue weighted by Gasteiger charge is -2.47. The largest absolute Gasteiger partial charge is 0.508 e. The third kappa shape index (κ3) is 3.80. The third-order valence-electron chi connectivity index (χ3n) is 8.32. The van der Waals surface area contributed by atoms with Crippen LogP contribution in [0.2, 0.25) is 0 Å². The molecule has 3 aromatic carbocycles. The summed E-state index contributed by atoms with van der Waals surface area (Å²) in [4.78, 5) is 15.6. The lowest BCUT2D eigenvalue weighted by atomic mass is 9.69. The van der Waals surface area contributed by atoms with Crippen LogP contribution in [0.25, 0.3) is 0 Å². The Bertz CT molecular complexity index is 1170. The maximum Gasteiger partial charge on any atom is 0.133 e. The molecule has 0 radical (unpaired) electrons. The number of benzene rings is 3. The summed E-state index contributed by atoms with van der Waals surface area (Å²) < 4.78 is 0. The van der Waals surface area contributed by atoms with Gasteiger partial charge in [0.25, 0.3) is 0 Å². The molecule has 3 aromatic rings. The molecule has 1 spiro atoms. The van der Waals surface area contributed by atoms with Gasteiger partial charge in [0.15, 0.2) is 0 Å². The van der Waals surface area contributed by atoms with Crippen LogP contribution < -0.4 is 4.90 Å². The van der Waals surface area contributed by atoms with E-state index in [4.69, 9.17) is 0 Å². The number of anilines is 1. The molecule has 0 saturated carbocycles. The van der Waals surface area contributed by atoms with Gasteiger partial charge in [0.2, 0.25) is 0 Å². The van der Waals surface area contributed by atoms with Crippen molar-refractivity contribution in [3.8, 4) is 5.75 Å². The van der Waals surface area contributed by atoms with E-state index in [0.29, 0.717) is 23.6 Å². The van der Waals surface area contributed by atoms with E-state index < -0.39 is 0 Å². The summed E-state index contributed by atoms with van der Waals surface area (Å²) in [6, 6.07) is 26.0. The number of aromatic hydroxyl groups is 1. The van der Waals surface area contributed by atoms with Gasteiger partial charge in [-0.15, -0.1) is 0 Å². The normalized spacial score (nSPS) is 23.5. The molecule has 2 heterocycles. The third-order valence-corrected chi connectivity index (χ3v) is 8.32. The molecule has 2 fully saturated rings. The molecule has 34 heavy (non-hydrogen) atoms. The average molecular weight is 453 g/mol. The minimum atomic E-state index is 0.286.